The Bertz CT molecular complexity index is 297. The van der Waals surface area contributed by atoms with E-state index in [1.165, 1.54) is 38.5 Å². The number of nitrogens with one attached hydrogen (secondary N) is 1. The summed E-state index contributed by atoms with van der Waals surface area (Å²) >= 11 is 0. The maximum Gasteiger partial charge on any atom is 0.0687 e. The molecule has 1 saturated heterocycles. The lowest BCUT2D eigenvalue weighted by molar-refractivity contribution is -0.0345. The summed E-state index contributed by atoms with van der Waals surface area (Å²) in [6, 6.07) is 0. The first-order chi connectivity index (χ1) is 8.99. The molecule has 2 fully saturated rings. The predicted octanol–water partition coefficient (Wildman–Crippen LogP) is 4.20. The molecule has 19 heavy (non-hydrogen) atoms. The molecule has 0 amide bonds. The molecule has 1 unspecified atom stereocenters. The normalized spacial score (nSPS) is 26.8. The van der Waals surface area contributed by atoms with Gasteiger partial charge in [0.05, 0.1) is 11.7 Å². The van der Waals surface area contributed by atoms with E-state index in [2.05, 4.69) is 38.2 Å². The fraction of sp³-hybridized carbons (Fsp3) is 0.882. The molecule has 0 aromatic carbocycles. The lowest BCUT2D eigenvalue weighted by atomic mass is 9.98. The van der Waals surface area contributed by atoms with Gasteiger partial charge in [-0.2, -0.15) is 0 Å². The van der Waals surface area contributed by atoms with E-state index in [9.17, 15) is 0 Å². The van der Waals surface area contributed by atoms with Crippen molar-refractivity contribution in [3.8, 4) is 0 Å². The Morgan fingerprint density at radius 1 is 1.16 bits per heavy atom. The van der Waals surface area contributed by atoms with Crippen LogP contribution in [0.1, 0.15) is 72.1 Å². The Kier molecular flexibility index (Phi) is 5.08. The molecule has 1 N–H and O–H groups in total. The first-order valence-electron chi connectivity index (χ1n) is 8.07. The van der Waals surface area contributed by atoms with E-state index in [1.54, 1.807) is 0 Å². The van der Waals surface area contributed by atoms with Crippen LogP contribution in [0, 0.1) is 0 Å². The van der Waals surface area contributed by atoms with Crippen LogP contribution in [-0.4, -0.2) is 23.8 Å². The van der Waals surface area contributed by atoms with E-state index in [-0.39, 0.29) is 5.54 Å². The average molecular weight is 265 g/mol. The van der Waals surface area contributed by atoms with Gasteiger partial charge >= 0.3 is 0 Å². The van der Waals surface area contributed by atoms with Crippen molar-refractivity contribution in [3.05, 3.63) is 12.2 Å². The summed E-state index contributed by atoms with van der Waals surface area (Å²) in [7, 11) is 0. The lowest BCUT2D eigenvalue weighted by Gasteiger charge is -2.23. The van der Waals surface area contributed by atoms with Crippen LogP contribution < -0.4 is 5.32 Å². The molecule has 1 saturated carbocycles. The van der Waals surface area contributed by atoms with Gasteiger partial charge in [0.25, 0.3) is 0 Å². The van der Waals surface area contributed by atoms with E-state index >= 15 is 0 Å². The van der Waals surface area contributed by atoms with Crippen LogP contribution in [0.15, 0.2) is 12.2 Å². The third kappa shape index (κ3) is 4.92. The lowest BCUT2D eigenvalue weighted by Crippen LogP contribution is -2.36. The molecule has 1 aliphatic carbocycles. The largest absolute Gasteiger partial charge is 0.371 e. The molecule has 0 radical (unpaired) electrons. The molecule has 1 atom stereocenters. The van der Waals surface area contributed by atoms with Gasteiger partial charge in [0.1, 0.15) is 0 Å². The van der Waals surface area contributed by atoms with Crippen LogP contribution in [0.4, 0.5) is 0 Å². The fourth-order valence-corrected chi connectivity index (χ4v) is 3.34. The summed E-state index contributed by atoms with van der Waals surface area (Å²) in [5.41, 5.74) is 0.531. The third-order valence-corrected chi connectivity index (χ3v) is 4.39. The van der Waals surface area contributed by atoms with Crippen molar-refractivity contribution >= 4 is 0 Å². The maximum atomic E-state index is 6.30. The Morgan fingerprint density at radius 3 is 2.58 bits per heavy atom. The van der Waals surface area contributed by atoms with Gasteiger partial charge in [0, 0.05) is 5.54 Å². The highest BCUT2D eigenvalue weighted by molar-refractivity contribution is 4.95. The van der Waals surface area contributed by atoms with E-state index < -0.39 is 0 Å². The molecule has 0 bridgehead atoms. The zero-order valence-electron chi connectivity index (χ0n) is 13.0. The van der Waals surface area contributed by atoms with Crippen molar-refractivity contribution in [2.24, 2.45) is 0 Å². The van der Waals surface area contributed by atoms with Gasteiger partial charge in [-0.1, -0.05) is 25.0 Å². The Morgan fingerprint density at radius 2 is 1.89 bits per heavy atom. The molecule has 1 spiro atoms. The second kappa shape index (κ2) is 6.41. The molecule has 110 valence electrons. The van der Waals surface area contributed by atoms with Gasteiger partial charge in [0.2, 0.25) is 0 Å². The summed E-state index contributed by atoms with van der Waals surface area (Å²) in [5, 5.41) is 3.51. The maximum absolute atomic E-state index is 6.30. The van der Waals surface area contributed by atoms with Gasteiger partial charge in [-0.25, -0.2) is 0 Å². The van der Waals surface area contributed by atoms with E-state index in [4.69, 9.17) is 4.74 Å². The van der Waals surface area contributed by atoms with E-state index in [0.717, 1.165) is 19.4 Å². The van der Waals surface area contributed by atoms with Crippen LogP contribution >= 0.6 is 0 Å². The van der Waals surface area contributed by atoms with Gasteiger partial charge in [0.15, 0.2) is 0 Å². The fourth-order valence-electron chi connectivity index (χ4n) is 3.34. The molecule has 2 nitrogen and oxygen atoms in total. The quantitative estimate of drug-likeness (QED) is 0.594. The summed E-state index contributed by atoms with van der Waals surface area (Å²) in [5.74, 6) is 0. The molecule has 1 aliphatic heterocycles. The molecular formula is C17H31NO. The van der Waals surface area contributed by atoms with Crippen LogP contribution in [0.25, 0.3) is 0 Å². The van der Waals surface area contributed by atoms with Crippen molar-refractivity contribution in [2.45, 2.75) is 89.4 Å². The second-order valence-corrected chi connectivity index (χ2v) is 7.34. The minimum Gasteiger partial charge on any atom is -0.371 e. The van der Waals surface area contributed by atoms with Crippen molar-refractivity contribution in [1.82, 2.24) is 5.32 Å². The van der Waals surface area contributed by atoms with Crippen molar-refractivity contribution in [1.29, 1.82) is 0 Å². The molecule has 2 heteroatoms. The van der Waals surface area contributed by atoms with Crippen molar-refractivity contribution in [2.75, 3.05) is 6.54 Å². The zero-order chi connectivity index (χ0) is 13.8. The molecule has 0 aromatic heterocycles. The van der Waals surface area contributed by atoms with Crippen LogP contribution in [0.5, 0.6) is 0 Å². The van der Waals surface area contributed by atoms with Crippen LogP contribution in [0.3, 0.4) is 0 Å². The molecular weight excluding hydrogens is 234 g/mol. The highest BCUT2D eigenvalue weighted by Crippen LogP contribution is 2.43. The second-order valence-electron chi connectivity index (χ2n) is 7.34. The smallest absolute Gasteiger partial charge is 0.0687 e. The van der Waals surface area contributed by atoms with Crippen molar-refractivity contribution < 1.29 is 4.74 Å². The monoisotopic (exact) mass is 265 g/mol. The van der Waals surface area contributed by atoms with Crippen LogP contribution in [-0.2, 0) is 4.74 Å². The van der Waals surface area contributed by atoms with E-state index in [1.807, 2.05) is 0 Å². The van der Waals surface area contributed by atoms with Crippen molar-refractivity contribution in [3.63, 3.8) is 0 Å². The van der Waals surface area contributed by atoms with E-state index in [0.29, 0.717) is 11.7 Å². The number of rotatable bonds is 5. The third-order valence-electron chi connectivity index (χ3n) is 4.39. The summed E-state index contributed by atoms with van der Waals surface area (Å²) in [4.78, 5) is 0. The van der Waals surface area contributed by atoms with Gasteiger partial charge < -0.3 is 10.1 Å². The highest BCUT2D eigenvalue weighted by Gasteiger charge is 2.41. The Balaban J connectivity index is 1.59. The number of hydrogen-bond donors (Lipinski definition) is 1. The molecule has 2 rings (SSSR count). The van der Waals surface area contributed by atoms with Gasteiger partial charge in [-0.3, -0.25) is 0 Å². The zero-order valence-corrected chi connectivity index (χ0v) is 13.0. The average Bonchev–Trinajstić information content (AvgIpc) is 2.94. The SMILES string of the molecule is CC(C)(C)NCC/C=C/CC1CCC2(CCCC2)O1. The predicted molar refractivity (Wildman–Crippen MR) is 81.4 cm³/mol. The highest BCUT2D eigenvalue weighted by atomic mass is 16.5. The molecule has 1 heterocycles. The van der Waals surface area contributed by atoms with Gasteiger partial charge in [-0.15, -0.1) is 0 Å². The summed E-state index contributed by atoms with van der Waals surface area (Å²) < 4.78 is 6.30. The topological polar surface area (TPSA) is 21.3 Å². The Hall–Kier alpha value is -0.340. The first-order valence-corrected chi connectivity index (χ1v) is 8.07. The summed E-state index contributed by atoms with van der Waals surface area (Å²) in [6.07, 6.45) is 15.3. The minimum absolute atomic E-state index is 0.233. The molecule has 0 aromatic rings. The van der Waals surface area contributed by atoms with Gasteiger partial charge in [-0.05, 0) is 65.8 Å². The minimum atomic E-state index is 0.233. The summed E-state index contributed by atoms with van der Waals surface area (Å²) in [6.45, 7) is 7.70. The first kappa shape index (κ1) is 15.1. The number of hydrogen-bond acceptors (Lipinski definition) is 2. The standard InChI is InChI=1S/C17H31NO/c1-16(2,3)18-14-8-4-5-9-15-10-13-17(19-15)11-6-7-12-17/h4-5,15,18H,6-14H2,1-3H3/b5-4+. The Labute approximate surface area is 119 Å². The molecule has 2 aliphatic rings. The number of ether oxygens (including phenoxy) is 1. The van der Waals surface area contributed by atoms with Crippen LogP contribution in [0.2, 0.25) is 0 Å².